The van der Waals surface area contributed by atoms with Crippen LogP contribution in [0.15, 0.2) is 30.3 Å². The number of amides is 1. The number of carbonyl (C=O) groups excluding carboxylic acids is 2. The van der Waals surface area contributed by atoms with Crippen molar-refractivity contribution >= 4 is 18.0 Å². The number of rotatable bonds is 9. The Morgan fingerprint density at radius 3 is 2.28 bits per heavy atom. The molecule has 0 fully saturated rings. The summed E-state index contributed by atoms with van der Waals surface area (Å²) >= 11 is 0. The lowest BCUT2D eigenvalue weighted by atomic mass is 9.99. The highest BCUT2D eigenvalue weighted by atomic mass is 16.6. The van der Waals surface area contributed by atoms with Crippen LogP contribution in [-0.2, 0) is 25.7 Å². The molecule has 1 aromatic rings. The third-order valence-electron chi connectivity index (χ3n) is 3.86. The van der Waals surface area contributed by atoms with Crippen LogP contribution in [0, 0.1) is 5.92 Å². The summed E-state index contributed by atoms with van der Waals surface area (Å²) in [4.78, 5) is 35.3. The number of carboxylic acids is 1. The maximum atomic E-state index is 12.3. The van der Waals surface area contributed by atoms with Gasteiger partial charge >= 0.3 is 18.0 Å². The molecule has 0 aliphatic rings. The van der Waals surface area contributed by atoms with Crippen LogP contribution in [0.4, 0.5) is 4.79 Å². The Hall–Kier alpha value is -2.57. The van der Waals surface area contributed by atoms with Gasteiger partial charge in [-0.05, 0) is 17.9 Å². The topological polar surface area (TPSA) is 102 Å². The lowest BCUT2D eigenvalue weighted by Crippen LogP contribution is -2.47. The number of alkyl carbamates (subject to hydrolysis) is 1. The van der Waals surface area contributed by atoms with Crippen LogP contribution < -0.4 is 5.32 Å². The van der Waals surface area contributed by atoms with E-state index >= 15 is 0 Å². The van der Waals surface area contributed by atoms with Crippen molar-refractivity contribution in [3.8, 4) is 0 Å². The second kappa shape index (κ2) is 10.3. The van der Waals surface area contributed by atoms with Gasteiger partial charge in [-0.15, -0.1) is 0 Å². The molecule has 2 N–H and O–H groups in total. The largest absolute Gasteiger partial charge is 0.479 e. The molecule has 7 nitrogen and oxygen atoms in total. The number of hydrogen-bond acceptors (Lipinski definition) is 5. The molecule has 0 spiro atoms. The number of benzene rings is 1. The van der Waals surface area contributed by atoms with Gasteiger partial charge in [-0.1, -0.05) is 57.5 Å². The van der Waals surface area contributed by atoms with E-state index in [9.17, 15) is 14.4 Å². The normalized spacial score (nSPS) is 14.0. The fourth-order valence-electron chi connectivity index (χ4n) is 2.08. The number of aliphatic carboxylic acids is 1. The van der Waals surface area contributed by atoms with Gasteiger partial charge in [0, 0.05) is 0 Å². The van der Waals surface area contributed by atoms with Crippen LogP contribution in [0.1, 0.15) is 39.2 Å². The van der Waals surface area contributed by atoms with Crippen LogP contribution in [0.3, 0.4) is 0 Å². The van der Waals surface area contributed by atoms with Crippen molar-refractivity contribution in [2.24, 2.45) is 5.92 Å². The van der Waals surface area contributed by atoms with Crippen LogP contribution in [0.25, 0.3) is 0 Å². The highest BCUT2D eigenvalue weighted by molar-refractivity contribution is 5.84. The van der Waals surface area contributed by atoms with Crippen molar-refractivity contribution in [3.05, 3.63) is 35.9 Å². The monoisotopic (exact) mass is 351 g/mol. The van der Waals surface area contributed by atoms with E-state index in [-0.39, 0.29) is 18.9 Å². The first-order chi connectivity index (χ1) is 11.9. The first-order valence-electron chi connectivity index (χ1n) is 8.29. The summed E-state index contributed by atoms with van der Waals surface area (Å²) < 4.78 is 10.1. The Balaban J connectivity index is 2.66. The van der Waals surface area contributed by atoms with Crippen molar-refractivity contribution in [2.75, 3.05) is 0 Å². The lowest BCUT2D eigenvalue weighted by Gasteiger charge is -2.24. The van der Waals surface area contributed by atoms with Crippen molar-refractivity contribution in [1.82, 2.24) is 5.32 Å². The molecule has 0 saturated carbocycles. The fourth-order valence-corrected chi connectivity index (χ4v) is 2.08. The molecule has 0 aliphatic heterocycles. The number of nitrogens with one attached hydrogen (secondary N) is 1. The SMILES string of the molecule is CCC(OC(=O)[C@@H](NC(=O)OCc1ccccc1)[C@@H](C)CC)C(=O)O. The first-order valence-corrected chi connectivity index (χ1v) is 8.29. The smallest absolute Gasteiger partial charge is 0.408 e. The van der Waals surface area contributed by atoms with E-state index in [0.717, 1.165) is 5.56 Å². The molecule has 0 aliphatic carbocycles. The van der Waals surface area contributed by atoms with Gasteiger partial charge in [-0.25, -0.2) is 14.4 Å². The fraction of sp³-hybridized carbons (Fsp3) is 0.500. The minimum Gasteiger partial charge on any atom is -0.479 e. The number of ether oxygens (including phenoxy) is 2. The van der Waals surface area contributed by atoms with Gasteiger partial charge in [0.15, 0.2) is 6.10 Å². The van der Waals surface area contributed by atoms with Crippen LogP contribution >= 0.6 is 0 Å². The van der Waals surface area contributed by atoms with Crippen molar-refractivity contribution in [3.63, 3.8) is 0 Å². The van der Waals surface area contributed by atoms with Gasteiger partial charge in [-0.3, -0.25) is 0 Å². The predicted molar refractivity (Wildman–Crippen MR) is 90.8 cm³/mol. The molecular formula is C18H25NO6. The van der Waals surface area contributed by atoms with E-state index in [4.69, 9.17) is 14.6 Å². The summed E-state index contributed by atoms with van der Waals surface area (Å²) in [6, 6.07) is 8.16. The first kappa shape index (κ1) is 20.5. The Labute approximate surface area is 147 Å². The third kappa shape index (κ3) is 6.82. The molecule has 7 heteroatoms. The molecule has 0 radical (unpaired) electrons. The van der Waals surface area contributed by atoms with E-state index in [2.05, 4.69) is 5.32 Å². The van der Waals surface area contributed by atoms with Crippen molar-refractivity contribution in [2.45, 2.75) is 52.4 Å². The molecule has 25 heavy (non-hydrogen) atoms. The van der Waals surface area contributed by atoms with E-state index < -0.39 is 30.2 Å². The quantitative estimate of drug-likeness (QED) is 0.663. The van der Waals surface area contributed by atoms with Gasteiger partial charge in [-0.2, -0.15) is 0 Å². The van der Waals surface area contributed by atoms with Crippen molar-refractivity contribution < 1.29 is 29.0 Å². The van der Waals surface area contributed by atoms with Gasteiger partial charge in [0.05, 0.1) is 0 Å². The molecule has 0 aromatic heterocycles. The Bertz CT molecular complexity index is 574. The Kier molecular flexibility index (Phi) is 8.46. The molecule has 0 saturated heterocycles. The van der Waals surface area contributed by atoms with Crippen LogP contribution in [0.2, 0.25) is 0 Å². The van der Waals surface area contributed by atoms with Crippen LogP contribution in [0.5, 0.6) is 0 Å². The Morgan fingerprint density at radius 1 is 1.12 bits per heavy atom. The van der Waals surface area contributed by atoms with Gasteiger partial charge in [0.2, 0.25) is 0 Å². The molecular weight excluding hydrogens is 326 g/mol. The van der Waals surface area contributed by atoms with Gasteiger partial charge in [0.25, 0.3) is 0 Å². The molecule has 1 aromatic carbocycles. The molecule has 0 heterocycles. The summed E-state index contributed by atoms with van der Waals surface area (Å²) in [6.45, 7) is 5.30. The molecule has 1 amide bonds. The van der Waals surface area contributed by atoms with Gasteiger partial charge in [0.1, 0.15) is 12.6 Å². The number of esters is 1. The Morgan fingerprint density at radius 2 is 1.76 bits per heavy atom. The number of carboxylic acid groups (broad SMARTS) is 1. The lowest BCUT2D eigenvalue weighted by molar-refractivity contribution is -0.166. The zero-order valence-corrected chi connectivity index (χ0v) is 14.7. The summed E-state index contributed by atoms with van der Waals surface area (Å²) in [5.74, 6) is -2.23. The average Bonchev–Trinajstić information content (AvgIpc) is 2.62. The maximum absolute atomic E-state index is 12.3. The van der Waals surface area contributed by atoms with E-state index in [0.29, 0.717) is 6.42 Å². The minimum atomic E-state index is -1.24. The maximum Gasteiger partial charge on any atom is 0.408 e. The summed E-state index contributed by atoms with van der Waals surface area (Å²) in [6.07, 6.45) is -1.24. The highest BCUT2D eigenvalue weighted by Gasteiger charge is 2.31. The standard InChI is InChI=1S/C18H25NO6/c1-4-12(3)15(17(22)25-14(5-2)16(20)21)19-18(23)24-11-13-9-7-6-8-10-13/h6-10,12,14-15H,4-5,11H2,1-3H3,(H,19,23)(H,20,21)/t12-,14?,15-/m0/s1. The van der Waals surface area contributed by atoms with E-state index in [1.807, 2.05) is 37.3 Å². The third-order valence-corrected chi connectivity index (χ3v) is 3.86. The summed E-state index contributed by atoms with van der Waals surface area (Å²) in [7, 11) is 0. The minimum absolute atomic E-state index is 0.0711. The molecule has 138 valence electrons. The average molecular weight is 351 g/mol. The van der Waals surface area contributed by atoms with Crippen molar-refractivity contribution in [1.29, 1.82) is 0 Å². The van der Waals surface area contributed by atoms with E-state index in [1.54, 1.807) is 13.8 Å². The summed E-state index contributed by atoms with van der Waals surface area (Å²) in [5, 5.41) is 11.5. The zero-order valence-electron chi connectivity index (χ0n) is 14.7. The molecule has 0 bridgehead atoms. The second-order valence-corrected chi connectivity index (χ2v) is 5.74. The zero-order chi connectivity index (χ0) is 18.8. The number of carbonyl (C=O) groups is 3. The molecule has 3 atom stereocenters. The van der Waals surface area contributed by atoms with Gasteiger partial charge < -0.3 is 19.9 Å². The molecule has 1 unspecified atom stereocenters. The molecule has 1 rings (SSSR count). The van der Waals surface area contributed by atoms with E-state index in [1.165, 1.54) is 0 Å². The predicted octanol–water partition coefficient (Wildman–Crippen LogP) is 2.73. The highest BCUT2D eigenvalue weighted by Crippen LogP contribution is 2.12. The summed E-state index contributed by atoms with van der Waals surface area (Å²) in [5.41, 5.74) is 0.817. The van der Waals surface area contributed by atoms with Crippen LogP contribution in [-0.4, -0.2) is 35.3 Å². The second-order valence-electron chi connectivity index (χ2n) is 5.74. The number of hydrogen-bond donors (Lipinski definition) is 2.